The number of methoxy groups -OCH3 is 4. The summed E-state index contributed by atoms with van der Waals surface area (Å²) < 4.78 is 21.2. The van der Waals surface area contributed by atoms with E-state index >= 15 is 0 Å². The Kier molecular flexibility index (Phi) is 7.86. The van der Waals surface area contributed by atoms with Crippen LogP contribution in [0.15, 0.2) is 54.2 Å². The fourth-order valence-corrected chi connectivity index (χ4v) is 3.61. The lowest BCUT2D eigenvalue weighted by atomic mass is 10.0. The van der Waals surface area contributed by atoms with Crippen LogP contribution in [0.3, 0.4) is 0 Å². The van der Waals surface area contributed by atoms with Crippen LogP contribution in [0.25, 0.3) is 5.57 Å². The maximum absolute atomic E-state index is 13.8. The highest BCUT2D eigenvalue weighted by Gasteiger charge is 2.43. The smallest absolute Gasteiger partial charge is 0.282 e. The third-order valence-electron chi connectivity index (χ3n) is 5.20. The molecule has 1 aliphatic heterocycles. The molecular weight excluding hydrogens is 412 g/mol. The normalized spacial score (nSPS) is 13.7. The van der Waals surface area contributed by atoms with Gasteiger partial charge in [0.2, 0.25) is 0 Å². The summed E-state index contributed by atoms with van der Waals surface area (Å²) in [6, 6.07) is 14.2. The van der Waals surface area contributed by atoms with Gasteiger partial charge in [-0.25, -0.2) is 4.90 Å². The molecule has 0 saturated carbocycles. The maximum Gasteiger partial charge on any atom is 0.282 e. The van der Waals surface area contributed by atoms with E-state index in [1.165, 1.54) is 14.2 Å². The summed E-state index contributed by atoms with van der Waals surface area (Å²) in [6.45, 7) is 1.62. The number of nitrogens with zero attached hydrogens (tertiary/aromatic N) is 2. The van der Waals surface area contributed by atoms with Crippen molar-refractivity contribution in [3.63, 3.8) is 0 Å². The van der Waals surface area contributed by atoms with E-state index in [1.807, 2.05) is 35.2 Å². The standard InChI is InChI=1S/C24H28N2O6/c1-29-14-12-25(13-15-30-2)22-21(17-8-6-5-7-9-17)23(27)26(24(22)28)19-16-18(31-3)10-11-20(19)32-4/h5-11,16H,12-15H2,1-4H3. The van der Waals surface area contributed by atoms with Crippen LogP contribution in [-0.2, 0) is 19.1 Å². The summed E-state index contributed by atoms with van der Waals surface area (Å²) in [5, 5.41) is 0. The lowest BCUT2D eigenvalue weighted by molar-refractivity contribution is -0.120. The second-order valence-electron chi connectivity index (χ2n) is 7.05. The average molecular weight is 440 g/mol. The Morgan fingerprint density at radius 1 is 0.812 bits per heavy atom. The number of carbonyl (C=O) groups excluding carboxylic acids is 2. The molecule has 0 atom stereocenters. The van der Waals surface area contributed by atoms with E-state index in [2.05, 4.69) is 0 Å². The molecule has 1 heterocycles. The summed E-state index contributed by atoms with van der Waals surface area (Å²) in [7, 11) is 6.20. The van der Waals surface area contributed by atoms with Crippen molar-refractivity contribution in [2.75, 3.05) is 59.6 Å². The molecule has 0 aromatic heterocycles. The van der Waals surface area contributed by atoms with Gasteiger partial charge in [0.15, 0.2) is 0 Å². The molecule has 3 rings (SSSR count). The SMILES string of the molecule is COCCN(CCOC)C1=C(c2ccccc2)C(=O)N(c2cc(OC)ccc2OC)C1=O. The Labute approximate surface area is 187 Å². The van der Waals surface area contributed by atoms with Gasteiger partial charge in [-0.05, 0) is 17.7 Å². The molecule has 0 bridgehead atoms. The second kappa shape index (κ2) is 10.8. The summed E-state index contributed by atoms with van der Waals surface area (Å²) in [4.78, 5) is 30.5. The lowest BCUT2D eigenvalue weighted by Gasteiger charge is -2.26. The minimum atomic E-state index is -0.437. The van der Waals surface area contributed by atoms with E-state index in [4.69, 9.17) is 18.9 Å². The van der Waals surface area contributed by atoms with Crippen LogP contribution in [0.5, 0.6) is 11.5 Å². The molecule has 0 spiro atoms. The molecule has 8 heteroatoms. The number of anilines is 1. The monoisotopic (exact) mass is 440 g/mol. The second-order valence-corrected chi connectivity index (χ2v) is 7.05. The molecule has 170 valence electrons. The van der Waals surface area contributed by atoms with Crippen molar-refractivity contribution < 1.29 is 28.5 Å². The first-order valence-corrected chi connectivity index (χ1v) is 10.2. The van der Waals surface area contributed by atoms with E-state index in [9.17, 15) is 9.59 Å². The van der Waals surface area contributed by atoms with Gasteiger partial charge < -0.3 is 23.8 Å². The van der Waals surface area contributed by atoms with E-state index in [1.54, 1.807) is 32.4 Å². The highest BCUT2D eigenvalue weighted by atomic mass is 16.5. The molecule has 0 radical (unpaired) electrons. The van der Waals surface area contributed by atoms with Crippen molar-refractivity contribution in [2.24, 2.45) is 0 Å². The summed E-state index contributed by atoms with van der Waals surface area (Å²) in [6.07, 6.45) is 0. The Morgan fingerprint density at radius 3 is 2.03 bits per heavy atom. The third kappa shape index (κ3) is 4.61. The highest BCUT2D eigenvalue weighted by molar-refractivity contribution is 6.45. The van der Waals surface area contributed by atoms with Crippen molar-refractivity contribution in [3.05, 3.63) is 59.8 Å². The minimum Gasteiger partial charge on any atom is -0.497 e. The van der Waals surface area contributed by atoms with Crippen LogP contribution in [0, 0.1) is 0 Å². The topological polar surface area (TPSA) is 77.5 Å². The third-order valence-corrected chi connectivity index (χ3v) is 5.20. The number of imide groups is 1. The van der Waals surface area contributed by atoms with E-state index in [-0.39, 0.29) is 0 Å². The molecule has 32 heavy (non-hydrogen) atoms. The maximum atomic E-state index is 13.8. The molecule has 2 aromatic carbocycles. The van der Waals surface area contributed by atoms with E-state index < -0.39 is 11.8 Å². The van der Waals surface area contributed by atoms with Crippen LogP contribution in [0.1, 0.15) is 5.56 Å². The van der Waals surface area contributed by atoms with Crippen LogP contribution >= 0.6 is 0 Å². The minimum absolute atomic E-state index is 0.306. The first kappa shape index (κ1) is 23.3. The zero-order chi connectivity index (χ0) is 23.1. The molecule has 1 aliphatic rings. The lowest BCUT2D eigenvalue weighted by Crippen LogP contribution is -2.37. The molecule has 0 unspecified atom stereocenters. The van der Waals surface area contributed by atoms with Crippen molar-refractivity contribution in [1.29, 1.82) is 0 Å². The first-order chi connectivity index (χ1) is 15.6. The molecule has 0 aliphatic carbocycles. The average Bonchev–Trinajstić information content (AvgIpc) is 3.09. The zero-order valence-electron chi connectivity index (χ0n) is 18.8. The van der Waals surface area contributed by atoms with Gasteiger partial charge in [0.25, 0.3) is 11.8 Å². The molecular formula is C24H28N2O6. The van der Waals surface area contributed by atoms with Gasteiger partial charge in [0, 0.05) is 33.4 Å². The van der Waals surface area contributed by atoms with Crippen molar-refractivity contribution in [2.45, 2.75) is 0 Å². The largest absolute Gasteiger partial charge is 0.497 e. The Hall–Kier alpha value is -3.36. The van der Waals surface area contributed by atoms with Crippen LogP contribution in [-0.4, -0.2) is 71.5 Å². The van der Waals surface area contributed by atoms with Crippen LogP contribution in [0.2, 0.25) is 0 Å². The van der Waals surface area contributed by atoms with E-state index in [0.29, 0.717) is 60.3 Å². The molecule has 0 saturated heterocycles. The number of hydrogen-bond acceptors (Lipinski definition) is 7. The van der Waals surface area contributed by atoms with Crippen LogP contribution < -0.4 is 14.4 Å². The van der Waals surface area contributed by atoms with Crippen molar-refractivity contribution in [1.82, 2.24) is 4.90 Å². The number of carbonyl (C=O) groups is 2. The van der Waals surface area contributed by atoms with Crippen molar-refractivity contribution in [3.8, 4) is 11.5 Å². The summed E-state index contributed by atoms with van der Waals surface area (Å²) in [5.41, 5.74) is 1.61. The molecule has 2 amide bonds. The number of benzene rings is 2. The molecule has 0 N–H and O–H groups in total. The predicted molar refractivity (Wildman–Crippen MR) is 121 cm³/mol. The number of amides is 2. The van der Waals surface area contributed by atoms with Gasteiger partial charge in [-0.3, -0.25) is 9.59 Å². The summed E-state index contributed by atoms with van der Waals surface area (Å²) in [5.74, 6) is 0.0310. The first-order valence-electron chi connectivity index (χ1n) is 10.2. The van der Waals surface area contributed by atoms with Crippen LogP contribution in [0.4, 0.5) is 5.69 Å². The van der Waals surface area contributed by atoms with Gasteiger partial charge in [0.05, 0.1) is 38.7 Å². The Bertz CT molecular complexity index is 981. The fourth-order valence-electron chi connectivity index (χ4n) is 3.61. The number of hydrogen-bond donors (Lipinski definition) is 0. The van der Waals surface area contributed by atoms with Gasteiger partial charge in [-0.1, -0.05) is 30.3 Å². The zero-order valence-corrected chi connectivity index (χ0v) is 18.8. The van der Waals surface area contributed by atoms with Gasteiger partial charge >= 0.3 is 0 Å². The summed E-state index contributed by atoms with van der Waals surface area (Å²) >= 11 is 0. The molecule has 0 fully saturated rings. The quantitative estimate of drug-likeness (QED) is 0.497. The number of ether oxygens (including phenoxy) is 4. The van der Waals surface area contributed by atoms with Crippen molar-refractivity contribution >= 4 is 23.1 Å². The van der Waals surface area contributed by atoms with Gasteiger partial charge in [-0.2, -0.15) is 0 Å². The van der Waals surface area contributed by atoms with E-state index in [0.717, 1.165) is 4.90 Å². The number of rotatable bonds is 11. The van der Waals surface area contributed by atoms with Gasteiger partial charge in [-0.15, -0.1) is 0 Å². The van der Waals surface area contributed by atoms with Gasteiger partial charge in [0.1, 0.15) is 17.2 Å². The molecule has 8 nitrogen and oxygen atoms in total. The fraction of sp³-hybridized carbons (Fsp3) is 0.333. The highest BCUT2D eigenvalue weighted by Crippen LogP contribution is 2.40. The molecule has 2 aromatic rings. The predicted octanol–water partition coefficient (Wildman–Crippen LogP) is 2.58. The Balaban J connectivity index is 2.16. The Morgan fingerprint density at radius 2 is 1.47 bits per heavy atom.